The number of nitrogens with zero attached hydrogens (tertiary/aromatic N) is 1. The Hall–Kier alpha value is -3.28. The molecule has 0 atom stereocenters. The molecule has 0 spiro atoms. The number of nitrogens with one attached hydrogen (secondary N) is 2. The fraction of sp³-hybridized carbons (Fsp3) is 0.158. The number of methoxy groups -OCH3 is 2. The van der Waals surface area contributed by atoms with E-state index < -0.39 is 0 Å². The lowest BCUT2D eigenvalue weighted by Gasteiger charge is -2.13. The van der Waals surface area contributed by atoms with Crippen LogP contribution in [-0.2, 0) is 4.79 Å². The van der Waals surface area contributed by atoms with Crippen LogP contribution in [0.2, 0.25) is 0 Å². The number of pyridine rings is 1. The van der Waals surface area contributed by atoms with Gasteiger partial charge in [0.1, 0.15) is 11.5 Å². The van der Waals surface area contributed by atoms with Gasteiger partial charge in [0.25, 0.3) is 0 Å². The Morgan fingerprint density at radius 1 is 1.04 bits per heavy atom. The molecule has 25 heavy (non-hydrogen) atoms. The first-order valence-corrected chi connectivity index (χ1v) is 7.81. The Morgan fingerprint density at radius 3 is 2.68 bits per heavy atom. The molecule has 2 N–H and O–H groups in total. The van der Waals surface area contributed by atoms with E-state index in [2.05, 4.69) is 15.6 Å². The van der Waals surface area contributed by atoms with Gasteiger partial charge < -0.3 is 20.1 Å². The van der Waals surface area contributed by atoms with Crippen molar-refractivity contribution in [2.75, 3.05) is 31.4 Å². The van der Waals surface area contributed by atoms with E-state index in [1.54, 1.807) is 38.6 Å². The SMILES string of the molecule is COc1ccc(NC(=O)CNc2cccc3cccnc23)c(OC)c1. The standard InChI is InChI=1S/C19H19N3O3/c1-24-14-8-9-15(17(11-14)25-2)22-18(23)12-21-16-7-3-5-13-6-4-10-20-19(13)16/h3-11,21H,12H2,1-2H3,(H,22,23). The largest absolute Gasteiger partial charge is 0.497 e. The third-order valence-corrected chi connectivity index (χ3v) is 3.75. The molecule has 128 valence electrons. The van der Waals surface area contributed by atoms with Crippen LogP contribution in [0.3, 0.4) is 0 Å². The number of para-hydroxylation sites is 1. The number of carbonyl (C=O) groups is 1. The summed E-state index contributed by atoms with van der Waals surface area (Å²) in [5.74, 6) is 1.02. The van der Waals surface area contributed by atoms with Gasteiger partial charge in [0.05, 0.1) is 37.7 Å². The van der Waals surface area contributed by atoms with Gasteiger partial charge >= 0.3 is 0 Å². The highest BCUT2D eigenvalue weighted by Crippen LogP contribution is 2.29. The number of carbonyl (C=O) groups excluding carboxylic acids is 1. The molecule has 2 aromatic carbocycles. The lowest BCUT2D eigenvalue weighted by molar-refractivity contribution is -0.114. The van der Waals surface area contributed by atoms with E-state index in [9.17, 15) is 4.79 Å². The minimum absolute atomic E-state index is 0.116. The fourth-order valence-electron chi connectivity index (χ4n) is 2.52. The maximum Gasteiger partial charge on any atom is 0.243 e. The predicted molar refractivity (Wildman–Crippen MR) is 98.4 cm³/mol. The fourth-order valence-corrected chi connectivity index (χ4v) is 2.52. The van der Waals surface area contributed by atoms with Crippen molar-refractivity contribution in [1.82, 2.24) is 4.98 Å². The lowest BCUT2D eigenvalue weighted by atomic mass is 10.2. The molecule has 0 aliphatic carbocycles. The van der Waals surface area contributed by atoms with Gasteiger partial charge in [-0.05, 0) is 24.3 Å². The molecule has 6 heteroatoms. The second-order valence-corrected chi connectivity index (χ2v) is 5.35. The molecular formula is C19H19N3O3. The van der Waals surface area contributed by atoms with Crippen molar-refractivity contribution in [2.24, 2.45) is 0 Å². The Bertz CT molecular complexity index is 891. The van der Waals surface area contributed by atoms with Crippen molar-refractivity contribution >= 4 is 28.2 Å². The smallest absolute Gasteiger partial charge is 0.243 e. The highest BCUT2D eigenvalue weighted by atomic mass is 16.5. The zero-order valence-electron chi connectivity index (χ0n) is 14.1. The predicted octanol–water partition coefficient (Wildman–Crippen LogP) is 3.30. The summed E-state index contributed by atoms with van der Waals surface area (Å²) < 4.78 is 10.4. The third-order valence-electron chi connectivity index (χ3n) is 3.75. The molecule has 0 aliphatic rings. The number of aromatic nitrogens is 1. The van der Waals surface area contributed by atoms with Crippen LogP contribution in [0.15, 0.2) is 54.7 Å². The first-order valence-electron chi connectivity index (χ1n) is 7.81. The summed E-state index contributed by atoms with van der Waals surface area (Å²) in [6.45, 7) is 0.116. The monoisotopic (exact) mass is 337 g/mol. The summed E-state index contributed by atoms with van der Waals surface area (Å²) in [4.78, 5) is 16.6. The molecule has 6 nitrogen and oxygen atoms in total. The molecule has 3 rings (SSSR count). The maximum absolute atomic E-state index is 12.3. The minimum Gasteiger partial charge on any atom is -0.497 e. The van der Waals surface area contributed by atoms with E-state index in [0.717, 1.165) is 16.6 Å². The normalized spacial score (nSPS) is 10.3. The zero-order chi connectivity index (χ0) is 17.6. The maximum atomic E-state index is 12.3. The van der Waals surface area contributed by atoms with Crippen LogP contribution in [0.4, 0.5) is 11.4 Å². The second-order valence-electron chi connectivity index (χ2n) is 5.35. The van der Waals surface area contributed by atoms with E-state index in [1.165, 1.54) is 0 Å². The number of fused-ring (bicyclic) bond motifs is 1. The van der Waals surface area contributed by atoms with E-state index in [-0.39, 0.29) is 12.5 Å². The first kappa shape index (κ1) is 16.6. The lowest BCUT2D eigenvalue weighted by Crippen LogP contribution is -2.22. The van der Waals surface area contributed by atoms with E-state index in [1.807, 2.05) is 30.3 Å². The van der Waals surface area contributed by atoms with Crippen molar-refractivity contribution in [1.29, 1.82) is 0 Å². The summed E-state index contributed by atoms with van der Waals surface area (Å²) in [5, 5.41) is 6.97. The Kier molecular flexibility index (Phi) is 4.99. The molecule has 1 aromatic heterocycles. The van der Waals surface area contributed by atoms with Gasteiger partial charge in [0.2, 0.25) is 5.91 Å². The average molecular weight is 337 g/mol. The molecule has 0 radical (unpaired) electrons. The molecule has 3 aromatic rings. The molecule has 0 fully saturated rings. The van der Waals surface area contributed by atoms with Crippen molar-refractivity contribution in [3.8, 4) is 11.5 Å². The number of hydrogen-bond acceptors (Lipinski definition) is 5. The van der Waals surface area contributed by atoms with Crippen LogP contribution in [-0.4, -0.2) is 31.7 Å². The zero-order valence-corrected chi connectivity index (χ0v) is 14.1. The van der Waals surface area contributed by atoms with Crippen molar-refractivity contribution in [3.63, 3.8) is 0 Å². The van der Waals surface area contributed by atoms with Gasteiger partial charge in [-0.2, -0.15) is 0 Å². The van der Waals surface area contributed by atoms with Crippen LogP contribution < -0.4 is 20.1 Å². The third kappa shape index (κ3) is 3.80. The summed E-state index contributed by atoms with van der Waals surface area (Å²) in [7, 11) is 3.12. The summed E-state index contributed by atoms with van der Waals surface area (Å²) in [6, 6.07) is 14.9. The van der Waals surface area contributed by atoms with Crippen molar-refractivity contribution in [3.05, 3.63) is 54.7 Å². The molecule has 0 saturated heterocycles. The minimum atomic E-state index is -0.184. The number of hydrogen-bond donors (Lipinski definition) is 2. The first-order chi connectivity index (χ1) is 12.2. The molecular weight excluding hydrogens is 318 g/mol. The Morgan fingerprint density at radius 2 is 1.88 bits per heavy atom. The van der Waals surface area contributed by atoms with Gasteiger partial charge in [-0.3, -0.25) is 9.78 Å². The topological polar surface area (TPSA) is 72.5 Å². The highest BCUT2D eigenvalue weighted by molar-refractivity contribution is 5.97. The van der Waals surface area contributed by atoms with Gasteiger partial charge in [-0.15, -0.1) is 0 Å². The molecule has 1 heterocycles. The number of rotatable bonds is 6. The van der Waals surface area contributed by atoms with Gasteiger partial charge in [0.15, 0.2) is 0 Å². The van der Waals surface area contributed by atoms with Crippen LogP contribution >= 0.6 is 0 Å². The summed E-state index contributed by atoms with van der Waals surface area (Å²) in [6.07, 6.45) is 1.73. The average Bonchev–Trinajstić information content (AvgIpc) is 2.66. The van der Waals surface area contributed by atoms with Crippen molar-refractivity contribution < 1.29 is 14.3 Å². The number of benzene rings is 2. The quantitative estimate of drug-likeness (QED) is 0.722. The van der Waals surface area contributed by atoms with Crippen LogP contribution in [0.1, 0.15) is 0 Å². The van der Waals surface area contributed by atoms with Crippen LogP contribution in [0, 0.1) is 0 Å². The summed E-state index contributed by atoms with van der Waals surface area (Å²) >= 11 is 0. The number of ether oxygens (including phenoxy) is 2. The van der Waals surface area contributed by atoms with Crippen molar-refractivity contribution in [2.45, 2.75) is 0 Å². The van der Waals surface area contributed by atoms with E-state index >= 15 is 0 Å². The van der Waals surface area contributed by atoms with Gasteiger partial charge in [-0.25, -0.2) is 0 Å². The second kappa shape index (κ2) is 7.53. The van der Waals surface area contributed by atoms with E-state index in [4.69, 9.17) is 9.47 Å². The molecule has 1 amide bonds. The molecule has 0 bridgehead atoms. The Labute approximate surface area is 145 Å². The number of amides is 1. The molecule has 0 aliphatic heterocycles. The van der Waals surface area contributed by atoms with E-state index in [0.29, 0.717) is 17.2 Å². The summed E-state index contributed by atoms with van der Waals surface area (Å²) in [5.41, 5.74) is 2.24. The van der Waals surface area contributed by atoms with Crippen LogP contribution in [0.25, 0.3) is 10.9 Å². The highest BCUT2D eigenvalue weighted by Gasteiger charge is 2.09. The van der Waals surface area contributed by atoms with Crippen LogP contribution in [0.5, 0.6) is 11.5 Å². The Balaban J connectivity index is 1.69. The molecule has 0 saturated carbocycles. The number of anilines is 2. The van der Waals surface area contributed by atoms with Gasteiger partial charge in [0, 0.05) is 17.6 Å². The molecule has 0 unspecified atom stereocenters. The van der Waals surface area contributed by atoms with Gasteiger partial charge in [-0.1, -0.05) is 18.2 Å².